The van der Waals surface area contributed by atoms with Gasteiger partial charge in [0.05, 0.1) is 6.04 Å². The molecule has 206 valence electrons. The molecule has 1 fully saturated rings. The molecule has 1 N–H and O–H groups in total. The molecule has 2 atom stereocenters. The van der Waals surface area contributed by atoms with Crippen molar-refractivity contribution in [3.8, 4) is 11.1 Å². The van der Waals surface area contributed by atoms with E-state index in [0.29, 0.717) is 18.6 Å². The van der Waals surface area contributed by atoms with Crippen molar-refractivity contribution < 1.29 is 33.4 Å². The molecule has 0 saturated carbocycles. The molecular weight excluding hydrogens is 498 g/mol. The molecule has 0 aliphatic carbocycles. The molecule has 1 aliphatic rings. The Morgan fingerprint density at radius 2 is 1.82 bits per heavy atom. The third-order valence-electron chi connectivity index (χ3n) is 6.90. The highest BCUT2D eigenvalue weighted by atomic mass is 16.6. The van der Waals surface area contributed by atoms with E-state index in [-0.39, 0.29) is 19.0 Å². The van der Waals surface area contributed by atoms with Crippen molar-refractivity contribution in [1.29, 1.82) is 0 Å². The van der Waals surface area contributed by atoms with Gasteiger partial charge in [0.25, 0.3) is 5.91 Å². The minimum atomic E-state index is -1.55. The van der Waals surface area contributed by atoms with Crippen LogP contribution in [0.25, 0.3) is 11.1 Å². The molecule has 2 heterocycles. The minimum Gasteiger partial charge on any atom is -0.457 e. The van der Waals surface area contributed by atoms with Crippen LogP contribution in [0.4, 0.5) is 4.79 Å². The van der Waals surface area contributed by atoms with Crippen molar-refractivity contribution in [2.75, 3.05) is 20.3 Å². The average molecular weight is 534 g/mol. The Morgan fingerprint density at radius 1 is 1.05 bits per heavy atom. The van der Waals surface area contributed by atoms with Crippen LogP contribution >= 0.6 is 0 Å². The van der Waals surface area contributed by atoms with E-state index in [9.17, 15) is 14.4 Å². The summed E-state index contributed by atoms with van der Waals surface area (Å²) in [6, 6.07) is 18.5. The number of furan rings is 1. The Kier molecular flexibility index (Phi) is 9.68. The number of aliphatic hydroxyl groups excluding tert-OH is 1. The molecular formula is C31H35NO7. The molecule has 3 aromatic rings. The van der Waals surface area contributed by atoms with E-state index in [0.717, 1.165) is 52.8 Å². The van der Waals surface area contributed by atoms with Crippen LogP contribution in [0.3, 0.4) is 0 Å². The summed E-state index contributed by atoms with van der Waals surface area (Å²) in [7, 11) is 1.26. The fourth-order valence-electron chi connectivity index (χ4n) is 4.89. The van der Waals surface area contributed by atoms with Crippen molar-refractivity contribution >= 4 is 17.8 Å². The lowest BCUT2D eigenvalue weighted by molar-refractivity contribution is -0.137. The molecule has 8 nitrogen and oxygen atoms in total. The standard InChI is InChI=1S/C31H35NO7/c1-21-11-10-14-23(17-21)25-19-27(39-26(25)15-8-3-4-9-16-33)28(34)29(37-2)30(35)32-24(20-38-31(32)36)18-22-12-6-5-7-13-22/h5-7,10-14,17,19,24,29,33H,3-4,8-9,15-16,18,20H2,1-2H3/t24-,29-/m1/s1. The SMILES string of the molecule is CO[C@H](C(=O)c1cc(-c2cccc(C)c2)c(CCCCCCO)o1)C(=O)N1C(=O)OC[C@H]1Cc1ccccc1. The topological polar surface area (TPSA) is 106 Å². The molecule has 0 unspecified atom stereocenters. The number of aliphatic hydroxyl groups is 1. The number of Topliss-reactive ketones (excluding diaryl/α,β-unsaturated/α-hetero) is 1. The summed E-state index contributed by atoms with van der Waals surface area (Å²) >= 11 is 0. The number of cyclic esters (lactones) is 1. The third-order valence-corrected chi connectivity index (χ3v) is 6.90. The summed E-state index contributed by atoms with van der Waals surface area (Å²) in [5, 5.41) is 9.04. The van der Waals surface area contributed by atoms with Gasteiger partial charge in [0.15, 0.2) is 5.76 Å². The summed E-state index contributed by atoms with van der Waals surface area (Å²) in [4.78, 5) is 40.6. The molecule has 8 heteroatoms. The number of carbonyl (C=O) groups excluding carboxylic acids is 3. The lowest BCUT2D eigenvalue weighted by Gasteiger charge is -2.23. The van der Waals surface area contributed by atoms with Gasteiger partial charge in [0, 0.05) is 25.7 Å². The number of methoxy groups -OCH3 is 1. The molecule has 1 aliphatic heterocycles. The van der Waals surface area contributed by atoms with E-state index in [1.54, 1.807) is 6.07 Å². The van der Waals surface area contributed by atoms with Gasteiger partial charge in [-0.25, -0.2) is 9.69 Å². The highest BCUT2D eigenvalue weighted by Crippen LogP contribution is 2.31. The lowest BCUT2D eigenvalue weighted by Crippen LogP contribution is -2.48. The Balaban J connectivity index is 1.57. The number of rotatable bonds is 13. The summed E-state index contributed by atoms with van der Waals surface area (Å²) in [5.74, 6) is -0.770. The van der Waals surface area contributed by atoms with E-state index in [1.165, 1.54) is 7.11 Å². The first kappa shape index (κ1) is 28.3. The molecule has 0 bridgehead atoms. The van der Waals surface area contributed by atoms with Crippen LogP contribution in [0.15, 0.2) is 65.1 Å². The maximum Gasteiger partial charge on any atom is 0.417 e. The molecule has 0 spiro atoms. The predicted octanol–water partition coefficient (Wildman–Crippen LogP) is 5.14. The Labute approximate surface area is 228 Å². The zero-order chi connectivity index (χ0) is 27.8. The second-order valence-electron chi connectivity index (χ2n) is 9.81. The fourth-order valence-corrected chi connectivity index (χ4v) is 4.89. The number of unbranched alkanes of at least 4 members (excludes halogenated alkanes) is 3. The Bertz CT molecular complexity index is 1280. The first-order chi connectivity index (χ1) is 18.9. The quantitative estimate of drug-likeness (QED) is 0.184. The van der Waals surface area contributed by atoms with Crippen molar-refractivity contribution in [3.05, 3.63) is 83.3 Å². The Hall–Kier alpha value is -3.75. The van der Waals surface area contributed by atoms with Gasteiger partial charge in [-0.3, -0.25) is 9.59 Å². The van der Waals surface area contributed by atoms with Crippen LogP contribution < -0.4 is 0 Å². The van der Waals surface area contributed by atoms with E-state index in [4.69, 9.17) is 19.0 Å². The second-order valence-corrected chi connectivity index (χ2v) is 9.81. The second kappa shape index (κ2) is 13.4. The molecule has 1 aromatic heterocycles. The predicted molar refractivity (Wildman–Crippen MR) is 145 cm³/mol. The highest BCUT2D eigenvalue weighted by molar-refractivity contribution is 6.14. The van der Waals surface area contributed by atoms with Gasteiger partial charge in [0.2, 0.25) is 11.9 Å². The van der Waals surface area contributed by atoms with Gasteiger partial charge in [-0.05, 0) is 43.4 Å². The molecule has 2 aromatic carbocycles. The number of ether oxygens (including phenoxy) is 2. The van der Waals surface area contributed by atoms with Crippen molar-refractivity contribution in [1.82, 2.24) is 4.90 Å². The lowest BCUT2D eigenvalue weighted by atomic mass is 10.00. The van der Waals surface area contributed by atoms with Crippen LogP contribution in [0.5, 0.6) is 0 Å². The van der Waals surface area contributed by atoms with Crippen LogP contribution in [-0.2, 0) is 27.1 Å². The van der Waals surface area contributed by atoms with Crippen LogP contribution in [0.2, 0.25) is 0 Å². The van der Waals surface area contributed by atoms with Crippen LogP contribution in [0.1, 0.15) is 53.1 Å². The molecule has 1 saturated heterocycles. The smallest absolute Gasteiger partial charge is 0.417 e. The number of benzene rings is 2. The van der Waals surface area contributed by atoms with Crippen LogP contribution in [0, 0.1) is 6.92 Å². The van der Waals surface area contributed by atoms with Crippen molar-refractivity contribution in [2.24, 2.45) is 0 Å². The largest absolute Gasteiger partial charge is 0.457 e. The highest BCUT2D eigenvalue weighted by Gasteiger charge is 2.44. The first-order valence-electron chi connectivity index (χ1n) is 13.3. The van der Waals surface area contributed by atoms with E-state index in [1.807, 2.05) is 61.5 Å². The molecule has 2 amide bonds. The first-order valence-corrected chi connectivity index (χ1v) is 13.3. The normalized spacial score (nSPS) is 15.8. The van der Waals surface area contributed by atoms with Gasteiger partial charge in [-0.1, -0.05) is 73.0 Å². The molecule has 0 radical (unpaired) electrons. The summed E-state index contributed by atoms with van der Waals surface area (Å²) in [5.41, 5.74) is 3.71. The van der Waals surface area contributed by atoms with Gasteiger partial charge in [-0.15, -0.1) is 0 Å². The van der Waals surface area contributed by atoms with Crippen molar-refractivity contribution in [2.45, 2.75) is 57.6 Å². The number of hydrogen-bond donors (Lipinski definition) is 1. The minimum absolute atomic E-state index is 0.00392. The third kappa shape index (κ3) is 6.82. The Morgan fingerprint density at radius 3 is 2.54 bits per heavy atom. The maximum absolute atomic E-state index is 13.6. The maximum atomic E-state index is 13.6. The average Bonchev–Trinajstić information content (AvgIpc) is 3.53. The number of nitrogens with zero attached hydrogens (tertiary/aromatic N) is 1. The van der Waals surface area contributed by atoms with E-state index in [2.05, 4.69) is 0 Å². The number of amides is 2. The number of imide groups is 1. The summed E-state index contributed by atoms with van der Waals surface area (Å²) in [6.45, 7) is 2.20. The van der Waals surface area contributed by atoms with Gasteiger partial charge < -0.3 is 19.0 Å². The van der Waals surface area contributed by atoms with Crippen molar-refractivity contribution in [3.63, 3.8) is 0 Å². The summed E-state index contributed by atoms with van der Waals surface area (Å²) in [6.07, 6.45) is 2.05. The number of carbonyl (C=O) groups is 3. The van der Waals surface area contributed by atoms with Gasteiger partial charge in [-0.2, -0.15) is 0 Å². The van der Waals surface area contributed by atoms with Crippen LogP contribution in [-0.4, -0.2) is 60.3 Å². The number of hydrogen-bond acceptors (Lipinski definition) is 7. The van der Waals surface area contributed by atoms with Gasteiger partial charge >= 0.3 is 6.09 Å². The van der Waals surface area contributed by atoms with Gasteiger partial charge in [0.1, 0.15) is 12.4 Å². The molecule has 39 heavy (non-hydrogen) atoms. The zero-order valence-electron chi connectivity index (χ0n) is 22.4. The zero-order valence-corrected chi connectivity index (χ0v) is 22.4. The van der Waals surface area contributed by atoms with E-state index >= 15 is 0 Å². The summed E-state index contributed by atoms with van der Waals surface area (Å²) < 4.78 is 16.6. The number of ketones is 1. The monoisotopic (exact) mass is 533 g/mol. The molecule has 4 rings (SSSR count). The van der Waals surface area contributed by atoms with E-state index < -0.39 is 29.9 Å². The number of aryl methyl sites for hydroxylation is 2. The fraction of sp³-hybridized carbons (Fsp3) is 0.387.